The lowest BCUT2D eigenvalue weighted by molar-refractivity contribution is 0.729. The van der Waals surface area contributed by atoms with E-state index in [1.165, 1.54) is 32.3 Å². The van der Waals surface area contributed by atoms with Crippen LogP contribution in [0.4, 0.5) is 0 Å². The van der Waals surface area contributed by atoms with Gasteiger partial charge in [0.1, 0.15) is 0 Å². The lowest BCUT2D eigenvalue weighted by atomic mass is 10.2. The largest absolute Gasteiger partial charge is 0.320 e. The summed E-state index contributed by atoms with van der Waals surface area (Å²) in [5, 5.41) is 4.53. The van der Waals surface area contributed by atoms with Crippen LogP contribution in [-0.2, 0) is 6.42 Å². The van der Waals surface area contributed by atoms with Gasteiger partial charge >= 0.3 is 0 Å². The third-order valence-corrected chi connectivity index (χ3v) is 4.26. The van der Waals surface area contributed by atoms with E-state index < -0.39 is 0 Å². The highest BCUT2D eigenvalue weighted by Crippen LogP contribution is 2.31. The molecule has 0 saturated heterocycles. The van der Waals surface area contributed by atoms with Crippen molar-refractivity contribution >= 4 is 37.4 Å². The normalized spacial score (nSPS) is 11.1. The maximum absolute atomic E-state index is 3.59. The van der Waals surface area contributed by atoms with Gasteiger partial charge in [0.2, 0.25) is 0 Å². The van der Waals surface area contributed by atoms with Crippen LogP contribution in [0.2, 0.25) is 0 Å². The minimum atomic E-state index is 1.09. The summed E-state index contributed by atoms with van der Waals surface area (Å²) in [5.41, 5.74) is 0. The molecule has 0 atom stereocenters. The van der Waals surface area contributed by atoms with E-state index in [1.54, 1.807) is 0 Å². The summed E-state index contributed by atoms with van der Waals surface area (Å²) in [6.07, 6.45) is 2.38. The number of hydrogen-bond donors (Lipinski definition) is 1. The maximum Gasteiger partial charge on any atom is 0.0357 e. The van der Waals surface area contributed by atoms with Crippen molar-refractivity contribution in [2.24, 2.45) is 0 Å². The fourth-order valence-corrected chi connectivity index (χ4v) is 3.38. The SMILES string of the molecule is CNCCCc1cc2c(Br)cccc2s1. The summed E-state index contributed by atoms with van der Waals surface area (Å²) in [6.45, 7) is 1.09. The molecule has 15 heavy (non-hydrogen) atoms. The van der Waals surface area contributed by atoms with Crippen LogP contribution in [0.3, 0.4) is 0 Å². The molecular weight excluding hydrogens is 270 g/mol. The molecule has 1 nitrogen and oxygen atoms in total. The lowest BCUT2D eigenvalue weighted by Crippen LogP contribution is -2.07. The Kier molecular flexibility index (Phi) is 3.78. The molecule has 1 aromatic carbocycles. The van der Waals surface area contributed by atoms with Gasteiger partial charge in [-0.15, -0.1) is 11.3 Å². The Bertz CT molecular complexity index is 450. The molecule has 0 radical (unpaired) electrons. The Hall–Kier alpha value is -0.380. The zero-order valence-corrected chi connectivity index (χ0v) is 11.1. The zero-order chi connectivity index (χ0) is 10.7. The third kappa shape index (κ3) is 2.60. The predicted octanol–water partition coefficient (Wildman–Crippen LogP) is 3.82. The molecule has 0 aliphatic rings. The first-order valence-corrected chi connectivity index (χ1v) is 6.74. The Morgan fingerprint density at radius 3 is 3.00 bits per heavy atom. The second kappa shape index (κ2) is 5.10. The van der Waals surface area contributed by atoms with E-state index in [2.05, 4.69) is 45.5 Å². The molecule has 3 heteroatoms. The van der Waals surface area contributed by atoms with Crippen LogP contribution in [-0.4, -0.2) is 13.6 Å². The van der Waals surface area contributed by atoms with Crippen molar-refractivity contribution < 1.29 is 0 Å². The van der Waals surface area contributed by atoms with Crippen LogP contribution >= 0.6 is 27.3 Å². The van der Waals surface area contributed by atoms with E-state index in [4.69, 9.17) is 0 Å². The zero-order valence-electron chi connectivity index (χ0n) is 8.72. The minimum absolute atomic E-state index is 1.09. The highest BCUT2D eigenvalue weighted by molar-refractivity contribution is 9.10. The molecule has 0 fully saturated rings. The fourth-order valence-electron chi connectivity index (χ4n) is 1.64. The lowest BCUT2D eigenvalue weighted by Gasteiger charge is -1.95. The smallest absolute Gasteiger partial charge is 0.0357 e. The number of hydrogen-bond acceptors (Lipinski definition) is 2. The van der Waals surface area contributed by atoms with Gasteiger partial charge in [0.25, 0.3) is 0 Å². The standard InChI is InChI=1S/C12H14BrNS/c1-14-7-3-4-9-8-10-11(13)5-2-6-12(10)15-9/h2,5-6,8,14H,3-4,7H2,1H3. The molecule has 0 unspecified atom stereocenters. The Labute approximate surface area is 103 Å². The van der Waals surface area contributed by atoms with Gasteiger partial charge < -0.3 is 5.32 Å². The van der Waals surface area contributed by atoms with Crippen molar-refractivity contribution in [3.63, 3.8) is 0 Å². The van der Waals surface area contributed by atoms with Gasteiger partial charge in [-0.3, -0.25) is 0 Å². The van der Waals surface area contributed by atoms with Crippen LogP contribution in [0.25, 0.3) is 10.1 Å². The second-order valence-electron chi connectivity index (χ2n) is 3.57. The fraction of sp³-hybridized carbons (Fsp3) is 0.333. The van der Waals surface area contributed by atoms with Crippen molar-refractivity contribution in [2.45, 2.75) is 12.8 Å². The second-order valence-corrected chi connectivity index (χ2v) is 5.59. The van der Waals surface area contributed by atoms with E-state index in [9.17, 15) is 0 Å². The van der Waals surface area contributed by atoms with Gasteiger partial charge in [-0.1, -0.05) is 22.0 Å². The first kappa shape index (κ1) is 11.1. The van der Waals surface area contributed by atoms with Crippen molar-refractivity contribution in [1.29, 1.82) is 0 Å². The minimum Gasteiger partial charge on any atom is -0.320 e. The third-order valence-electron chi connectivity index (χ3n) is 2.41. The van der Waals surface area contributed by atoms with Gasteiger partial charge in [0, 0.05) is 19.4 Å². The molecule has 0 aliphatic heterocycles. The number of nitrogens with one attached hydrogen (secondary N) is 1. The summed E-state index contributed by atoms with van der Waals surface area (Å²) in [6, 6.07) is 8.69. The predicted molar refractivity (Wildman–Crippen MR) is 71.8 cm³/mol. The van der Waals surface area contributed by atoms with Crippen molar-refractivity contribution in [2.75, 3.05) is 13.6 Å². The Balaban J connectivity index is 2.20. The van der Waals surface area contributed by atoms with Gasteiger partial charge in [0.15, 0.2) is 0 Å². The molecule has 1 N–H and O–H groups in total. The van der Waals surface area contributed by atoms with Crippen LogP contribution in [0.15, 0.2) is 28.7 Å². The average molecular weight is 284 g/mol. The van der Waals surface area contributed by atoms with Gasteiger partial charge in [-0.05, 0) is 44.6 Å². The number of benzene rings is 1. The molecule has 2 rings (SSSR count). The van der Waals surface area contributed by atoms with E-state index in [0.717, 1.165) is 6.54 Å². The van der Waals surface area contributed by atoms with Gasteiger partial charge in [0.05, 0.1) is 0 Å². The number of rotatable bonds is 4. The molecule has 1 aromatic heterocycles. The molecule has 0 saturated carbocycles. The van der Waals surface area contributed by atoms with Crippen molar-refractivity contribution in [1.82, 2.24) is 5.32 Å². The Morgan fingerprint density at radius 1 is 1.40 bits per heavy atom. The van der Waals surface area contributed by atoms with E-state index in [0.29, 0.717) is 0 Å². The van der Waals surface area contributed by atoms with Crippen LogP contribution in [0.1, 0.15) is 11.3 Å². The first-order valence-electron chi connectivity index (χ1n) is 5.13. The Morgan fingerprint density at radius 2 is 2.27 bits per heavy atom. The highest BCUT2D eigenvalue weighted by atomic mass is 79.9. The van der Waals surface area contributed by atoms with Crippen molar-refractivity contribution in [3.05, 3.63) is 33.6 Å². The molecule has 0 amide bonds. The average Bonchev–Trinajstić information content (AvgIpc) is 2.63. The summed E-state index contributed by atoms with van der Waals surface area (Å²) in [4.78, 5) is 1.48. The first-order chi connectivity index (χ1) is 7.31. The number of fused-ring (bicyclic) bond motifs is 1. The van der Waals surface area contributed by atoms with Crippen LogP contribution in [0.5, 0.6) is 0 Å². The van der Waals surface area contributed by atoms with Gasteiger partial charge in [-0.25, -0.2) is 0 Å². The van der Waals surface area contributed by atoms with Gasteiger partial charge in [-0.2, -0.15) is 0 Å². The molecule has 80 valence electrons. The van der Waals surface area contributed by atoms with E-state index >= 15 is 0 Å². The molecule has 0 aliphatic carbocycles. The van der Waals surface area contributed by atoms with Crippen LogP contribution in [0, 0.1) is 0 Å². The molecule has 2 aromatic rings. The van der Waals surface area contributed by atoms with Crippen LogP contribution < -0.4 is 5.32 Å². The topological polar surface area (TPSA) is 12.0 Å². The monoisotopic (exact) mass is 283 g/mol. The van der Waals surface area contributed by atoms with E-state index in [-0.39, 0.29) is 0 Å². The summed E-state index contributed by atoms with van der Waals surface area (Å²) in [5.74, 6) is 0. The summed E-state index contributed by atoms with van der Waals surface area (Å²) < 4.78 is 2.58. The van der Waals surface area contributed by atoms with Crippen molar-refractivity contribution in [3.8, 4) is 0 Å². The molecule has 0 bridgehead atoms. The highest BCUT2D eigenvalue weighted by Gasteiger charge is 2.03. The molecule has 0 spiro atoms. The maximum atomic E-state index is 3.59. The van der Waals surface area contributed by atoms with E-state index in [1.807, 2.05) is 18.4 Å². The summed E-state index contributed by atoms with van der Waals surface area (Å²) in [7, 11) is 2.00. The number of aryl methyl sites for hydroxylation is 1. The quantitative estimate of drug-likeness (QED) is 0.842. The number of halogens is 1. The molecular formula is C12H14BrNS. The number of thiophene rings is 1. The molecule has 1 heterocycles. The summed E-state index contributed by atoms with van der Waals surface area (Å²) >= 11 is 5.49.